The van der Waals surface area contributed by atoms with E-state index in [4.69, 9.17) is 9.84 Å². The molecule has 0 aliphatic heterocycles. The molecule has 0 aliphatic rings. The number of carbonyl (C=O) groups is 1. The zero-order valence-corrected chi connectivity index (χ0v) is 12.6. The fraction of sp³-hybridized carbons (Fsp3) is 0.462. The molecule has 2 atom stereocenters. The number of ether oxygens (including phenoxy) is 1. The van der Waals surface area contributed by atoms with Crippen LogP contribution in [0.4, 0.5) is 4.79 Å². The van der Waals surface area contributed by atoms with Crippen LogP contribution < -0.4 is 15.4 Å². The Morgan fingerprint density at radius 1 is 1.42 bits per heavy atom. The maximum atomic E-state index is 11.4. The molecular weight excluding hydrogens is 312 g/mol. The summed E-state index contributed by atoms with van der Waals surface area (Å²) in [5.74, 6) is 0.737. The van der Waals surface area contributed by atoms with E-state index >= 15 is 0 Å². The lowest BCUT2D eigenvalue weighted by molar-refractivity contribution is 0.200. The van der Waals surface area contributed by atoms with Gasteiger partial charge in [-0.05, 0) is 41.9 Å². The fourth-order valence-corrected chi connectivity index (χ4v) is 1.73. The van der Waals surface area contributed by atoms with Crippen molar-refractivity contribution in [2.75, 3.05) is 13.2 Å². The summed E-state index contributed by atoms with van der Waals surface area (Å²) in [6.07, 6.45) is -0.158. The van der Waals surface area contributed by atoms with Crippen molar-refractivity contribution < 1.29 is 14.6 Å². The summed E-state index contributed by atoms with van der Waals surface area (Å²) in [5, 5.41) is 14.1. The Labute approximate surface area is 121 Å². The van der Waals surface area contributed by atoms with Crippen molar-refractivity contribution in [1.82, 2.24) is 10.6 Å². The smallest absolute Gasteiger partial charge is 0.315 e. The lowest BCUT2D eigenvalue weighted by atomic mass is 10.3. The van der Waals surface area contributed by atoms with E-state index in [2.05, 4.69) is 26.6 Å². The minimum Gasteiger partial charge on any atom is -0.488 e. The summed E-state index contributed by atoms with van der Waals surface area (Å²) in [4.78, 5) is 11.4. The molecule has 1 aromatic rings. The van der Waals surface area contributed by atoms with Gasteiger partial charge in [-0.25, -0.2) is 4.79 Å². The van der Waals surface area contributed by atoms with E-state index in [1.807, 2.05) is 31.2 Å². The van der Waals surface area contributed by atoms with Gasteiger partial charge in [-0.2, -0.15) is 0 Å². The number of halogens is 1. The molecule has 0 heterocycles. The molecule has 19 heavy (non-hydrogen) atoms. The van der Waals surface area contributed by atoms with Crippen LogP contribution in [-0.2, 0) is 0 Å². The molecule has 0 radical (unpaired) electrons. The van der Waals surface area contributed by atoms with Gasteiger partial charge in [0.25, 0.3) is 0 Å². The molecule has 1 aromatic carbocycles. The maximum Gasteiger partial charge on any atom is 0.315 e. The first kappa shape index (κ1) is 15.8. The van der Waals surface area contributed by atoms with Crippen molar-refractivity contribution in [3.63, 3.8) is 0 Å². The van der Waals surface area contributed by atoms with Crippen LogP contribution in [0.25, 0.3) is 0 Å². The minimum absolute atomic E-state index is 0.0869. The first-order chi connectivity index (χ1) is 9.02. The SMILES string of the molecule is CC(CO)NC(=O)NCC(C)Oc1ccccc1Br. The number of para-hydroxylation sites is 1. The number of nitrogens with one attached hydrogen (secondary N) is 2. The molecule has 1 rings (SSSR count). The second-order valence-electron chi connectivity index (χ2n) is 4.30. The van der Waals surface area contributed by atoms with E-state index in [1.54, 1.807) is 6.92 Å². The Morgan fingerprint density at radius 3 is 2.74 bits per heavy atom. The second kappa shape index (κ2) is 8.01. The summed E-state index contributed by atoms with van der Waals surface area (Å²) in [5.41, 5.74) is 0. The Hall–Kier alpha value is -1.27. The number of hydrogen-bond donors (Lipinski definition) is 3. The van der Waals surface area contributed by atoms with Gasteiger partial charge in [0.15, 0.2) is 0 Å². The Kier molecular flexibility index (Phi) is 6.66. The molecule has 6 heteroatoms. The van der Waals surface area contributed by atoms with Crippen LogP contribution in [0.1, 0.15) is 13.8 Å². The number of aliphatic hydroxyl groups excluding tert-OH is 1. The molecule has 2 unspecified atom stereocenters. The molecule has 0 saturated carbocycles. The van der Waals surface area contributed by atoms with E-state index in [0.717, 1.165) is 10.2 Å². The summed E-state index contributed by atoms with van der Waals surface area (Å²) < 4.78 is 6.56. The summed E-state index contributed by atoms with van der Waals surface area (Å²) in [6.45, 7) is 3.89. The molecule has 5 nitrogen and oxygen atoms in total. The molecule has 3 N–H and O–H groups in total. The minimum atomic E-state index is -0.316. The second-order valence-corrected chi connectivity index (χ2v) is 5.15. The summed E-state index contributed by atoms with van der Waals surface area (Å²) in [7, 11) is 0. The average molecular weight is 331 g/mol. The molecular formula is C13H19BrN2O3. The standard InChI is InChI=1S/C13H19BrN2O3/c1-9(8-17)16-13(18)15-7-10(2)19-12-6-4-3-5-11(12)14/h3-6,9-10,17H,7-8H2,1-2H3,(H2,15,16,18). The Bertz CT molecular complexity index is 415. The van der Waals surface area contributed by atoms with Crippen LogP contribution in [0.5, 0.6) is 5.75 Å². The van der Waals surface area contributed by atoms with Crippen LogP contribution in [0.2, 0.25) is 0 Å². The third kappa shape index (κ3) is 5.94. The number of hydrogen-bond acceptors (Lipinski definition) is 3. The predicted octanol–water partition coefficient (Wildman–Crippen LogP) is 1.90. The quantitative estimate of drug-likeness (QED) is 0.746. The van der Waals surface area contributed by atoms with Gasteiger partial charge in [0.2, 0.25) is 0 Å². The van der Waals surface area contributed by atoms with Crippen LogP contribution >= 0.6 is 15.9 Å². The van der Waals surface area contributed by atoms with Crippen LogP contribution in [-0.4, -0.2) is 36.4 Å². The van der Waals surface area contributed by atoms with Crippen molar-refractivity contribution in [3.05, 3.63) is 28.7 Å². The maximum absolute atomic E-state index is 11.4. The van der Waals surface area contributed by atoms with Crippen LogP contribution in [0.15, 0.2) is 28.7 Å². The van der Waals surface area contributed by atoms with Gasteiger partial charge in [0.05, 0.1) is 23.7 Å². The highest BCUT2D eigenvalue weighted by molar-refractivity contribution is 9.10. The highest BCUT2D eigenvalue weighted by Crippen LogP contribution is 2.24. The predicted molar refractivity (Wildman–Crippen MR) is 77.3 cm³/mol. The molecule has 0 fully saturated rings. The molecule has 2 amide bonds. The molecule has 0 aliphatic carbocycles. The van der Waals surface area contributed by atoms with E-state index < -0.39 is 0 Å². The largest absolute Gasteiger partial charge is 0.488 e. The molecule has 0 saturated heterocycles. The summed E-state index contributed by atoms with van der Waals surface area (Å²) >= 11 is 3.39. The number of carbonyl (C=O) groups excluding carboxylic acids is 1. The zero-order valence-electron chi connectivity index (χ0n) is 11.0. The number of urea groups is 1. The first-order valence-electron chi connectivity index (χ1n) is 6.09. The Balaban J connectivity index is 2.34. The molecule has 0 aromatic heterocycles. The topological polar surface area (TPSA) is 70.6 Å². The van der Waals surface area contributed by atoms with E-state index in [0.29, 0.717) is 6.54 Å². The van der Waals surface area contributed by atoms with Gasteiger partial charge in [0, 0.05) is 0 Å². The van der Waals surface area contributed by atoms with Crippen molar-refractivity contribution in [2.24, 2.45) is 0 Å². The van der Waals surface area contributed by atoms with E-state index in [-0.39, 0.29) is 24.8 Å². The van der Waals surface area contributed by atoms with E-state index in [1.165, 1.54) is 0 Å². The van der Waals surface area contributed by atoms with E-state index in [9.17, 15) is 4.79 Å². The third-order valence-corrected chi connectivity index (χ3v) is 3.02. The van der Waals surface area contributed by atoms with Gasteiger partial charge < -0.3 is 20.5 Å². The lowest BCUT2D eigenvalue weighted by Crippen LogP contribution is -2.45. The third-order valence-electron chi connectivity index (χ3n) is 2.37. The highest BCUT2D eigenvalue weighted by atomic mass is 79.9. The fourth-order valence-electron chi connectivity index (χ4n) is 1.36. The lowest BCUT2D eigenvalue weighted by Gasteiger charge is -2.17. The number of amides is 2. The van der Waals surface area contributed by atoms with Crippen molar-refractivity contribution in [1.29, 1.82) is 0 Å². The van der Waals surface area contributed by atoms with Crippen molar-refractivity contribution >= 4 is 22.0 Å². The number of aliphatic hydroxyl groups is 1. The van der Waals surface area contributed by atoms with Gasteiger partial charge in [0.1, 0.15) is 11.9 Å². The average Bonchev–Trinajstić information content (AvgIpc) is 2.39. The van der Waals surface area contributed by atoms with Crippen LogP contribution in [0, 0.1) is 0 Å². The highest BCUT2D eigenvalue weighted by Gasteiger charge is 2.10. The zero-order chi connectivity index (χ0) is 14.3. The first-order valence-corrected chi connectivity index (χ1v) is 6.88. The van der Waals surface area contributed by atoms with Gasteiger partial charge >= 0.3 is 6.03 Å². The Morgan fingerprint density at radius 2 is 2.11 bits per heavy atom. The van der Waals surface area contributed by atoms with Crippen molar-refractivity contribution in [2.45, 2.75) is 26.0 Å². The normalized spacial score (nSPS) is 13.5. The van der Waals surface area contributed by atoms with Gasteiger partial charge in [-0.1, -0.05) is 12.1 Å². The van der Waals surface area contributed by atoms with Crippen LogP contribution in [0.3, 0.4) is 0 Å². The molecule has 0 spiro atoms. The number of benzene rings is 1. The van der Waals surface area contributed by atoms with Crippen molar-refractivity contribution in [3.8, 4) is 5.75 Å². The number of rotatable bonds is 6. The monoisotopic (exact) mass is 330 g/mol. The molecule has 106 valence electrons. The van der Waals surface area contributed by atoms with Gasteiger partial charge in [-0.15, -0.1) is 0 Å². The van der Waals surface area contributed by atoms with Gasteiger partial charge in [-0.3, -0.25) is 0 Å². The molecule has 0 bridgehead atoms. The summed E-state index contributed by atoms with van der Waals surface area (Å²) in [6, 6.07) is 6.96.